The standard InChI is InChI=1S/C18H13ClFN3O/c19-13-3-1-5-15(8-13)23-18(24)12-7-17(11-21-10-12)22-16-6-2-4-14(20)9-16/h1-11,22H,(H,23,24). The molecule has 0 saturated heterocycles. The van der Waals surface area contributed by atoms with Crippen LogP contribution in [0.15, 0.2) is 67.0 Å². The van der Waals surface area contributed by atoms with Crippen LogP contribution >= 0.6 is 11.6 Å². The fourth-order valence-corrected chi connectivity index (χ4v) is 2.33. The summed E-state index contributed by atoms with van der Waals surface area (Å²) in [6, 6.07) is 14.5. The van der Waals surface area contributed by atoms with Crippen molar-refractivity contribution >= 4 is 34.6 Å². The molecule has 0 radical (unpaired) electrons. The van der Waals surface area contributed by atoms with E-state index in [0.717, 1.165) is 0 Å². The van der Waals surface area contributed by atoms with Crippen LogP contribution in [0.5, 0.6) is 0 Å². The molecule has 0 aliphatic rings. The molecule has 4 nitrogen and oxygen atoms in total. The fraction of sp³-hybridized carbons (Fsp3) is 0. The van der Waals surface area contributed by atoms with E-state index in [1.807, 2.05) is 0 Å². The Morgan fingerprint density at radius 2 is 1.75 bits per heavy atom. The fourth-order valence-electron chi connectivity index (χ4n) is 2.13. The van der Waals surface area contributed by atoms with E-state index in [0.29, 0.717) is 27.6 Å². The molecule has 2 N–H and O–H groups in total. The summed E-state index contributed by atoms with van der Waals surface area (Å²) < 4.78 is 13.2. The van der Waals surface area contributed by atoms with Gasteiger partial charge < -0.3 is 10.6 Å². The van der Waals surface area contributed by atoms with Gasteiger partial charge in [-0.25, -0.2) is 4.39 Å². The highest BCUT2D eigenvalue weighted by molar-refractivity contribution is 6.30. The number of carbonyl (C=O) groups is 1. The maximum atomic E-state index is 13.2. The lowest BCUT2D eigenvalue weighted by molar-refractivity contribution is 0.102. The predicted molar refractivity (Wildman–Crippen MR) is 93.3 cm³/mol. The van der Waals surface area contributed by atoms with Crippen LogP contribution in [0.4, 0.5) is 21.5 Å². The normalized spacial score (nSPS) is 10.2. The van der Waals surface area contributed by atoms with Gasteiger partial charge in [0.1, 0.15) is 5.82 Å². The Bertz CT molecular complexity index is 885. The molecule has 2 aromatic carbocycles. The molecular formula is C18H13ClFN3O. The Morgan fingerprint density at radius 3 is 2.54 bits per heavy atom. The van der Waals surface area contributed by atoms with Gasteiger partial charge in [-0.2, -0.15) is 0 Å². The van der Waals surface area contributed by atoms with Crippen LogP contribution < -0.4 is 10.6 Å². The molecule has 1 amide bonds. The SMILES string of the molecule is O=C(Nc1cccc(Cl)c1)c1cncc(Nc2cccc(F)c2)c1. The Balaban J connectivity index is 1.76. The Labute approximate surface area is 143 Å². The first kappa shape index (κ1) is 16.0. The number of anilines is 3. The van der Waals surface area contributed by atoms with Gasteiger partial charge in [0.15, 0.2) is 0 Å². The van der Waals surface area contributed by atoms with Crippen molar-refractivity contribution in [3.8, 4) is 0 Å². The summed E-state index contributed by atoms with van der Waals surface area (Å²) in [6.45, 7) is 0. The van der Waals surface area contributed by atoms with Gasteiger partial charge in [0, 0.05) is 22.6 Å². The van der Waals surface area contributed by atoms with Crippen molar-refractivity contribution in [2.24, 2.45) is 0 Å². The second kappa shape index (κ2) is 7.10. The van der Waals surface area contributed by atoms with Crippen LogP contribution in [0, 0.1) is 5.82 Å². The third kappa shape index (κ3) is 4.08. The van der Waals surface area contributed by atoms with Crippen molar-refractivity contribution < 1.29 is 9.18 Å². The Kier molecular flexibility index (Phi) is 4.72. The number of pyridine rings is 1. The summed E-state index contributed by atoms with van der Waals surface area (Å²) in [5, 5.41) is 6.29. The molecule has 3 aromatic rings. The number of nitrogens with zero attached hydrogens (tertiary/aromatic N) is 1. The molecule has 6 heteroatoms. The lowest BCUT2D eigenvalue weighted by atomic mass is 10.2. The first-order valence-corrected chi connectivity index (χ1v) is 7.52. The average molecular weight is 342 g/mol. The van der Waals surface area contributed by atoms with Gasteiger partial charge in [0.05, 0.1) is 17.4 Å². The smallest absolute Gasteiger partial charge is 0.257 e. The zero-order valence-electron chi connectivity index (χ0n) is 12.5. The molecule has 0 spiro atoms. The topological polar surface area (TPSA) is 54.0 Å². The zero-order valence-corrected chi connectivity index (χ0v) is 13.2. The van der Waals surface area contributed by atoms with E-state index in [9.17, 15) is 9.18 Å². The molecule has 0 aliphatic heterocycles. The van der Waals surface area contributed by atoms with Crippen molar-refractivity contribution in [2.45, 2.75) is 0 Å². The Hall–Kier alpha value is -2.92. The maximum absolute atomic E-state index is 13.2. The van der Waals surface area contributed by atoms with Crippen molar-refractivity contribution in [2.75, 3.05) is 10.6 Å². The zero-order chi connectivity index (χ0) is 16.9. The van der Waals surface area contributed by atoms with Crippen molar-refractivity contribution in [1.29, 1.82) is 0 Å². The van der Waals surface area contributed by atoms with Gasteiger partial charge in [-0.1, -0.05) is 23.7 Å². The largest absolute Gasteiger partial charge is 0.354 e. The molecule has 0 atom stereocenters. The average Bonchev–Trinajstić information content (AvgIpc) is 2.55. The number of benzene rings is 2. The second-order valence-corrected chi connectivity index (χ2v) is 5.50. The molecule has 0 fully saturated rings. The van der Waals surface area contributed by atoms with Crippen molar-refractivity contribution in [3.05, 3.63) is 83.4 Å². The lowest BCUT2D eigenvalue weighted by Gasteiger charge is -2.09. The van der Waals surface area contributed by atoms with Gasteiger partial charge in [-0.3, -0.25) is 9.78 Å². The van der Waals surface area contributed by atoms with E-state index in [4.69, 9.17) is 11.6 Å². The van der Waals surface area contributed by atoms with E-state index < -0.39 is 0 Å². The Morgan fingerprint density at radius 1 is 0.958 bits per heavy atom. The number of rotatable bonds is 4. The minimum atomic E-state index is -0.345. The highest BCUT2D eigenvalue weighted by Gasteiger charge is 2.08. The molecule has 0 unspecified atom stereocenters. The first-order valence-electron chi connectivity index (χ1n) is 7.15. The van der Waals surface area contributed by atoms with Crippen LogP contribution in [0.2, 0.25) is 5.02 Å². The van der Waals surface area contributed by atoms with E-state index in [1.54, 1.807) is 48.7 Å². The van der Waals surface area contributed by atoms with E-state index >= 15 is 0 Å². The first-order chi connectivity index (χ1) is 11.6. The lowest BCUT2D eigenvalue weighted by Crippen LogP contribution is -2.12. The third-order valence-electron chi connectivity index (χ3n) is 3.20. The van der Waals surface area contributed by atoms with Gasteiger partial charge >= 0.3 is 0 Å². The summed E-state index contributed by atoms with van der Waals surface area (Å²) in [4.78, 5) is 16.3. The molecule has 0 bridgehead atoms. The molecule has 0 aliphatic carbocycles. The van der Waals surface area contributed by atoms with Crippen molar-refractivity contribution in [1.82, 2.24) is 4.98 Å². The number of hydrogen-bond acceptors (Lipinski definition) is 3. The van der Waals surface area contributed by atoms with Crippen LogP contribution in [0.25, 0.3) is 0 Å². The number of amides is 1. The molecule has 24 heavy (non-hydrogen) atoms. The highest BCUT2D eigenvalue weighted by atomic mass is 35.5. The number of aromatic nitrogens is 1. The minimum absolute atomic E-state index is 0.312. The van der Waals surface area contributed by atoms with Crippen molar-refractivity contribution in [3.63, 3.8) is 0 Å². The van der Waals surface area contributed by atoms with Gasteiger partial charge in [-0.15, -0.1) is 0 Å². The van der Waals surface area contributed by atoms with E-state index in [2.05, 4.69) is 15.6 Å². The molecule has 1 heterocycles. The highest BCUT2D eigenvalue weighted by Crippen LogP contribution is 2.19. The molecule has 1 aromatic heterocycles. The quantitative estimate of drug-likeness (QED) is 0.711. The summed E-state index contributed by atoms with van der Waals surface area (Å²) >= 11 is 5.90. The van der Waals surface area contributed by atoms with Gasteiger partial charge in [0.2, 0.25) is 0 Å². The number of halogens is 2. The van der Waals surface area contributed by atoms with Crippen LogP contribution in [0.1, 0.15) is 10.4 Å². The van der Waals surface area contributed by atoms with Gasteiger partial charge in [-0.05, 0) is 42.5 Å². The molecule has 120 valence electrons. The minimum Gasteiger partial charge on any atom is -0.354 e. The summed E-state index contributed by atoms with van der Waals surface area (Å²) in [5.74, 6) is -0.657. The molecule has 0 saturated carbocycles. The number of carbonyl (C=O) groups excluding carboxylic acids is 1. The maximum Gasteiger partial charge on any atom is 0.257 e. The second-order valence-electron chi connectivity index (χ2n) is 5.06. The van der Waals surface area contributed by atoms with Crippen LogP contribution in [-0.2, 0) is 0 Å². The van der Waals surface area contributed by atoms with Crippen LogP contribution in [-0.4, -0.2) is 10.9 Å². The summed E-state index contributed by atoms with van der Waals surface area (Å²) in [6.07, 6.45) is 3.01. The third-order valence-corrected chi connectivity index (χ3v) is 3.43. The van der Waals surface area contributed by atoms with E-state index in [1.165, 1.54) is 18.3 Å². The number of nitrogens with one attached hydrogen (secondary N) is 2. The molecule has 3 rings (SSSR count). The summed E-state index contributed by atoms with van der Waals surface area (Å²) in [7, 11) is 0. The van der Waals surface area contributed by atoms with Gasteiger partial charge in [0.25, 0.3) is 5.91 Å². The summed E-state index contributed by atoms with van der Waals surface area (Å²) in [5.41, 5.74) is 2.12. The van der Waals surface area contributed by atoms with Crippen LogP contribution in [0.3, 0.4) is 0 Å². The van der Waals surface area contributed by atoms with E-state index in [-0.39, 0.29) is 11.7 Å². The predicted octanol–water partition coefficient (Wildman–Crippen LogP) is 4.87. The molecular weight excluding hydrogens is 329 g/mol. The monoisotopic (exact) mass is 341 g/mol. The number of hydrogen-bond donors (Lipinski definition) is 2.